The maximum absolute atomic E-state index is 12.2. The molecule has 2 aromatic carbocycles. The predicted octanol–water partition coefficient (Wildman–Crippen LogP) is 4.25. The average Bonchev–Trinajstić information content (AvgIpc) is 2.29. The van der Waals surface area contributed by atoms with Crippen molar-refractivity contribution in [2.45, 2.75) is 6.36 Å². The second-order valence-corrected chi connectivity index (χ2v) is 3.41. The number of halogens is 3. The summed E-state index contributed by atoms with van der Waals surface area (Å²) in [6.07, 6.45) is -4.68. The van der Waals surface area contributed by atoms with Crippen LogP contribution in [0.3, 0.4) is 0 Å². The molecule has 0 atom stereocenters. The van der Waals surface area contributed by atoms with Gasteiger partial charge in [-0.05, 0) is 11.6 Å². The molecule has 0 unspecified atom stereocenters. The Morgan fingerprint density at radius 2 is 1.35 bits per heavy atom. The number of ether oxygens (including phenoxy) is 1. The topological polar surface area (TPSA) is 9.23 Å². The number of alkyl halides is 3. The summed E-state index contributed by atoms with van der Waals surface area (Å²) in [7, 11) is 0. The maximum Gasteiger partial charge on any atom is 0.573 e. The highest BCUT2D eigenvalue weighted by Crippen LogP contribution is 2.33. The summed E-state index contributed by atoms with van der Waals surface area (Å²) in [5.74, 6) is -0.189. The van der Waals surface area contributed by atoms with Crippen molar-refractivity contribution in [2.24, 2.45) is 0 Å². The maximum atomic E-state index is 12.2. The number of hydrogen-bond acceptors (Lipinski definition) is 1. The molecule has 88 valence electrons. The third-order valence-corrected chi connectivity index (χ3v) is 2.20. The Kier molecular flexibility index (Phi) is 3.04. The predicted molar refractivity (Wildman–Crippen MR) is 58.6 cm³/mol. The van der Waals surface area contributed by atoms with E-state index in [0.717, 1.165) is 0 Å². The van der Waals surface area contributed by atoms with Gasteiger partial charge in [-0.1, -0.05) is 48.5 Å². The Labute approximate surface area is 96.5 Å². The Hall–Kier alpha value is -1.97. The van der Waals surface area contributed by atoms with E-state index in [0.29, 0.717) is 11.1 Å². The van der Waals surface area contributed by atoms with E-state index >= 15 is 0 Å². The van der Waals surface area contributed by atoms with Gasteiger partial charge in [0.2, 0.25) is 0 Å². The molecule has 0 aliphatic rings. The Morgan fingerprint density at radius 1 is 0.765 bits per heavy atom. The van der Waals surface area contributed by atoms with Gasteiger partial charge in [-0.3, -0.25) is 0 Å². The molecule has 17 heavy (non-hydrogen) atoms. The first-order chi connectivity index (χ1) is 8.06. The molecular weight excluding hydrogens is 229 g/mol. The Morgan fingerprint density at radius 3 is 2.00 bits per heavy atom. The number of hydrogen-bond donors (Lipinski definition) is 0. The minimum absolute atomic E-state index is 0.189. The van der Waals surface area contributed by atoms with Crippen molar-refractivity contribution in [3.63, 3.8) is 0 Å². The molecule has 0 aliphatic heterocycles. The molecule has 0 radical (unpaired) electrons. The summed E-state index contributed by atoms with van der Waals surface area (Å²) in [6.45, 7) is 0. The van der Waals surface area contributed by atoms with Crippen LogP contribution in [0.15, 0.2) is 54.6 Å². The van der Waals surface area contributed by atoms with Gasteiger partial charge >= 0.3 is 6.36 Å². The third kappa shape index (κ3) is 3.00. The van der Waals surface area contributed by atoms with E-state index in [1.54, 1.807) is 42.5 Å². The zero-order valence-corrected chi connectivity index (χ0v) is 8.74. The molecule has 0 amide bonds. The molecule has 0 N–H and O–H groups in total. The van der Waals surface area contributed by atoms with Crippen LogP contribution in [0.1, 0.15) is 0 Å². The summed E-state index contributed by atoms with van der Waals surface area (Å²) in [4.78, 5) is 0. The van der Waals surface area contributed by atoms with Gasteiger partial charge in [0.1, 0.15) is 5.75 Å². The van der Waals surface area contributed by atoms with E-state index in [1.165, 1.54) is 12.1 Å². The van der Waals surface area contributed by atoms with Crippen LogP contribution >= 0.6 is 0 Å². The monoisotopic (exact) mass is 238 g/mol. The van der Waals surface area contributed by atoms with E-state index in [-0.39, 0.29) is 5.75 Å². The lowest BCUT2D eigenvalue weighted by atomic mass is 10.1. The van der Waals surface area contributed by atoms with Crippen LogP contribution in [-0.2, 0) is 0 Å². The first-order valence-electron chi connectivity index (χ1n) is 4.96. The molecular formula is C13H9F3O. The first kappa shape index (κ1) is 11.5. The lowest BCUT2D eigenvalue weighted by molar-refractivity contribution is -0.274. The molecule has 0 heterocycles. The van der Waals surface area contributed by atoms with Gasteiger partial charge in [0.25, 0.3) is 0 Å². The molecule has 0 aromatic heterocycles. The smallest absolute Gasteiger partial charge is 0.405 e. The fraction of sp³-hybridized carbons (Fsp3) is 0.0769. The van der Waals surface area contributed by atoms with Crippen molar-refractivity contribution in [2.75, 3.05) is 0 Å². The summed E-state index contributed by atoms with van der Waals surface area (Å²) in [6, 6.07) is 14.9. The van der Waals surface area contributed by atoms with E-state index in [9.17, 15) is 13.2 Å². The van der Waals surface area contributed by atoms with Crippen molar-refractivity contribution in [1.29, 1.82) is 0 Å². The second-order valence-electron chi connectivity index (χ2n) is 3.41. The standard InChI is InChI=1S/C13H9F3O/c14-13(15,16)17-12-9-5-4-8-11(12)10-6-2-1-3-7-10/h1-9H. The molecule has 0 aliphatic carbocycles. The molecule has 2 rings (SSSR count). The molecule has 2 aromatic rings. The normalized spacial score (nSPS) is 11.2. The van der Waals surface area contributed by atoms with Crippen LogP contribution in [0.4, 0.5) is 13.2 Å². The lowest BCUT2D eigenvalue weighted by Gasteiger charge is -2.13. The quantitative estimate of drug-likeness (QED) is 0.759. The minimum Gasteiger partial charge on any atom is -0.405 e. The highest BCUT2D eigenvalue weighted by Gasteiger charge is 2.32. The molecule has 0 fully saturated rings. The van der Waals surface area contributed by atoms with Gasteiger partial charge in [0, 0.05) is 5.56 Å². The molecule has 4 heteroatoms. The fourth-order valence-electron chi connectivity index (χ4n) is 1.54. The zero-order chi connectivity index (χ0) is 12.3. The average molecular weight is 238 g/mol. The van der Waals surface area contributed by atoms with E-state index in [2.05, 4.69) is 4.74 Å². The number of para-hydroxylation sites is 1. The third-order valence-electron chi connectivity index (χ3n) is 2.20. The van der Waals surface area contributed by atoms with E-state index < -0.39 is 6.36 Å². The van der Waals surface area contributed by atoms with Crippen LogP contribution in [0.2, 0.25) is 0 Å². The van der Waals surface area contributed by atoms with Crippen molar-refractivity contribution in [3.8, 4) is 16.9 Å². The van der Waals surface area contributed by atoms with Gasteiger partial charge in [-0.25, -0.2) is 0 Å². The minimum atomic E-state index is -4.68. The summed E-state index contributed by atoms with van der Waals surface area (Å²) >= 11 is 0. The van der Waals surface area contributed by atoms with Crippen molar-refractivity contribution < 1.29 is 17.9 Å². The van der Waals surface area contributed by atoms with Crippen LogP contribution in [0.5, 0.6) is 5.75 Å². The van der Waals surface area contributed by atoms with Crippen molar-refractivity contribution in [3.05, 3.63) is 54.6 Å². The molecule has 0 saturated heterocycles. The highest BCUT2D eigenvalue weighted by molar-refractivity contribution is 5.70. The lowest BCUT2D eigenvalue weighted by Crippen LogP contribution is -2.17. The van der Waals surface area contributed by atoms with Gasteiger partial charge in [-0.15, -0.1) is 13.2 Å². The molecule has 1 nitrogen and oxygen atoms in total. The highest BCUT2D eigenvalue weighted by atomic mass is 19.4. The van der Waals surface area contributed by atoms with Crippen LogP contribution in [0, 0.1) is 0 Å². The molecule has 0 saturated carbocycles. The van der Waals surface area contributed by atoms with Gasteiger partial charge in [-0.2, -0.15) is 0 Å². The molecule has 0 bridgehead atoms. The Bertz CT molecular complexity index is 492. The van der Waals surface area contributed by atoms with Crippen LogP contribution in [-0.4, -0.2) is 6.36 Å². The summed E-state index contributed by atoms with van der Waals surface area (Å²) in [5, 5.41) is 0. The van der Waals surface area contributed by atoms with Crippen LogP contribution < -0.4 is 4.74 Å². The van der Waals surface area contributed by atoms with Gasteiger partial charge in [0.15, 0.2) is 0 Å². The number of rotatable bonds is 2. The van der Waals surface area contributed by atoms with Crippen molar-refractivity contribution >= 4 is 0 Å². The first-order valence-corrected chi connectivity index (χ1v) is 4.96. The Balaban J connectivity index is 2.41. The summed E-state index contributed by atoms with van der Waals surface area (Å²) < 4.78 is 40.6. The number of benzene rings is 2. The fourth-order valence-corrected chi connectivity index (χ4v) is 1.54. The zero-order valence-electron chi connectivity index (χ0n) is 8.74. The van der Waals surface area contributed by atoms with Crippen LogP contribution in [0.25, 0.3) is 11.1 Å². The van der Waals surface area contributed by atoms with Crippen molar-refractivity contribution in [1.82, 2.24) is 0 Å². The SMILES string of the molecule is FC(F)(F)Oc1ccccc1-c1ccccc1. The van der Waals surface area contributed by atoms with Gasteiger partial charge in [0.05, 0.1) is 0 Å². The van der Waals surface area contributed by atoms with E-state index in [4.69, 9.17) is 0 Å². The second kappa shape index (κ2) is 4.49. The summed E-state index contributed by atoms with van der Waals surface area (Å²) in [5.41, 5.74) is 1.11. The van der Waals surface area contributed by atoms with Gasteiger partial charge < -0.3 is 4.74 Å². The molecule has 0 spiro atoms. The van der Waals surface area contributed by atoms with E-state index in [1.807, 2.05) is 0 Å². The largest absolute Gasteiger partial charge is 0.573 e.